The van der Waals surface area contributed by atoms with Gasteiger partial charge in [0.25, 0.3) is 6.43 Å². The average Bonchev–Trinajstić information content (AvgIpc) is 2.14. The summed E-state index contributed by atoms with van der Waals surface area (Å²) in [5.74, 6) is -0.158. The van der Waals surface area contributed by atoms with Crippen molar-refractivity contribution in [1.82, 2.24) is 4.90 Å². The summed E-state index contributed by atoms with van der Waals surface area (Å²) in [5.41, 5.74) is 0. The van der Waals surface area contributed by atoms with E-state index in [0.29, 0.717) is 0 Å². The molecule has 90 valence electrons. The fraction of sp³-hybridized carbons (Fsp3) is 0.900. The second kappa shape index (κ2) is 6.99. The van der Waals surface area contributed by atoms with Gasteiger partial charge in [0.15, 0.2) is 0 Å². The van der Waals surface area contributed by atoms with Crippen LogP contribution in [-0.2, 0) is 4.79 Å². The minimum atomic E-state index is -2.50. The first-order valence-corrected chi connectivity index (χ1v) is 5.56. The fourth-order valence-corrected chi connectivity index (χ4v) is 1.34. The summed E-state index contributed by atoms with van der Waals surface area (Å²) in [4.78, 5) is 12.9. The highest BCUT2D eigenvalue weighted by atomic mass is 35.5. The molecule has 0 spiro atoms. The Morgan fingerprint density at radius 2 is 1.87 bits per heavy atom. The van der Waals surface area contributed by atoms with E-state index in [-0.39, 0.29) is 30.2 Å². The highest BCUT2D eigenvalue weighted by molar-refractivity contribution is 6.18. The van der Waals surface area contributed by atoms with Crippen molar-refractivity contribution in [2.24, 2.45) is 11.8 Å². The molecule has 0 radical (unpaired) electrons. The summed E-state index contributed by atoms with van der Waals surface area (Å²) in [6, 6.07) is 0. The van der Waals surface area contributed by atoms with E-state index in [9.17, 15) is 13.6 Å². The molecule has 1 amide bonds. The molecule has 0 N–H and O–H groups in total. The van der Waals surface area contributed by atoms with Crippen LogP contribution in [0.25, 0.3) is 0 Å². The number of rotatable bonds is 6. The van der Waals surface area contributed by atoms with E-state index in [4.69, 9.17) is 11.6 Å². The molecule has 0 aromatic rings. The lowest BCUT2D eigenvalue weighted by atomic mass is 9.96. The molecule has 1 unspecified atom stereocenters. The van der Waals surface area contributed by atoms with Crippen molar-refractivity contribution in [3.63, 3.8) is 0 Å². The molecule has 15 heavy (non-hydrogen) atoms. The topological polar surface area (TPSA) is 20.3 Å². The Kier molecular flexibility index (Phi) is 6.81. The van der Waals surface area contributed by atoms with Crippen LogP contribution in [-0.4, -0.2) is 36.2 Å². The van der Waals surface area contributed by atoms with E-state index >= 15 is 0 Å². The number of carbonyl (C=O) groups excluding carboxylic acids is 1. The molecule has 0 aromatic carbocycles. The van der Waals surface area contributed by atoms with E-state index in [2.05, 4.69) is 0 Å². The van der Waals surface area contributed by atoms with E-state index in [1.807, 2.05) is 13.8 Å². The third-order valence-electron chi connectivity index (χ3n) is 2.41. The molecule has 2 nitrogen and oxygen atoms in total. The van der Waals surface area contributed by atoms with Gasteiger partial charge in [-0.25, -0.2) is 8.78 Å². The van der Waals surface area contributed by atoms with Gasteiger partial charge in [-0.3, -0.25) is 4.79 Å². The van der Waals surface area contributed by atoms with Crippen molar-refractivity contribution >= 4 is 17.5 Å². The summed E-state index contributed by atoms with van der Waals surface area (Å²) in [6.07, 6.45) is -2.50. The third kappa shape index (κ3) is 5.30. The largest absolute Gasteiger partial charge is 0.336 e. The second-order valence-electron chi connectivity index (χ2n) is 3.90. The Morgan fingerprint density at radius 1 is 1.33 bits per heavy atom. The summed E-state index contributed by atoms with van der Waals surface area (Å²) >= 11 is 5.47. The maximum atomic E-state index is 12.2. The van der Waals surface area contributed by atoms with Crippen LogP contribution in [0.4, 0.5) is 8.78 Å². The predicted octanol–water partition coefficient (Wildman–Crippen LogP) is 2.61. The Bertz CT molecular complexity index is 200. The summed E-state index contributed by atoms with van der Waals surface area (Å²) in [6.45, 7) is 5.19. The van der Waals surface area contributed by atoms with Crippen molar-refractivity contribution in [3.05, 3.63) is 0 Å². The number of hydrogen-bond acceptors (Lipinski definition) is 1. The first kappa shape index (κ1) is 14.6. The van der Waals surface area contributed by atoms with E-state index in [1.165, 1.54) is 0 Å². The van der Waals surface area contributed by atoms with Crippen molar-refractivity contribution in [1.29, 1.82) is 0 Å². The molecule has 0 saturated carbocycles. The smallest absolute Gasteiger partial charge is 0.255 e. The molecule has 0 aromatic heterocycles. The molecule has 0 aliphatic heterocycles. The summed E-state index contributed by atoms with van der Waals surface area (Å²) in [7, 11) is 0. The number of hydrogen-bond donors (Lipinski definition) is 0. The van der Waals surface area contributed by atoms with Gasteiger partial charge in [-0.2, -0.15) is 0 Å². The van der Waals surface area contributed by atoms with Crippen LogP contribution >= 0.6 is 11.6 Å². The molecule has 0 rings (SSSR count). The third-order valence-corrected chi connectivity index (χ3v) is 2.58. The lowest BCUT2D eigenvalue weighted by Gasteiger charge is -2.26. The molecule has 0 aliphatic rings. The number of nitrogens with zero attached hydrogens (tertiary/aromatic N) is 1. The quantitative estimate of drug-likeness (QED) is 0.655. The van der Waals surface area contributed by atoms with Crippen molar-refractivity contribution in [2.45, 2.75) is 27.2 Å². The molecular formula is C10H18ClF2NO. The maximum Gasteiger partial charge on any atom is 0.255 e. The van der Waals surface area contributed by atoms with Crippen molar-refractivity contribution in [2.75, 3.05) is 19.0 Å². The molecule has 1 atom stereocenters. The standard InChI is InChI=1S/C10H18ClF2NO/c1-7(2)8(3)10(15)14(5-4-11)6-9(12)13/h7-9H,4-6H2,1-3H3. The van der Waals surface area contributed by atoms with Gasteiger partial charge in [-0.1, -0.05) is 20.8 Å². The number of alkyl halides is 3. The molecule has 0 saturated heterocycles. The van der Waals surface area contributed by atoms with Gasteiger partial charge in [0.1, 0.15) is 0 Å². The molecule has 0 fully saturated rings. The lowest BCUT2D eigenvalue weighted by molar-refractivity contribution is -0.138. The van der Waals surface area contributed by atoms with Crippen LogP contribution < -0.4 is 0 Å². The zero-order valence-electron chi connectivity index (χ0n) is 9.34. The molecule has 5 heteroatoms. The van der Waals surface area contributed by atoms with Gasteiger partial charge in [0, 0.05) is 18.3 Å². The van der Waals surface area contributed by atoms with Gasteiger partial charge in [-0.05, 0) is 5.92 Å². The van der Waals surface area contributed by atoms with Gasteiger partial charge in [0.05, 0.1) is 6.54 Å². The summed E-state index contributed by atoms with van der Waals surface area (Å²) in [5, 5.41) is 0. The Labute approximate surface area is 94.6 Å². The van der Waals surface area contributed by atoms with Crippen molar-refractivity contribution in [3.8, 4) is 0 Å². The number of amides is 1. The van der Waals surface area contributed by atoms with Crippen LogP contribution in [0.1, 0.15) is 20.8 Å². The van der Waals surface area contributed by atoms with Crippen LogP contribution in [0, 0.1) is 11.8 Å². The van der Waals surface area contributed by atoms with Gasteiger partial charge < -0.3 is 4.90 Å². The average molecular weight is 242 g/mol. The van der Waals surface area contributed by atoms with Crippen LogP contribution in [0.2, 0.25) is 0 Å². The van der Waals surface area contributed by atoms with Crippen LogP contribution in [0.5, 0.6) is 0 Å². The minimum absolute atomic E-state index is 0.146. The highest BCUT2D eigenvalue weighted by Crippen LogP contribution is 2.14. The predicted molar refractivity (Wildman–Crippen MR) is 57.3 cm³/mol. The zero-order chi connectivity index (χ0) is 12.0. The number of halogens is 3. The monoisotopic (exact) mass is 241 g/mol. The first-order valence-electron chi connectivity index (χ1n) is 5.03. The lowest BCUT2D eigenvalue weighted by Crippen LogP contribution is -2.41. The van der Waals surface area contributed by atoms with Crippen LogP contribution in [0.3, 0.4) is 0 Å². The van der Waals surface area contributed by atoms with Gasteiger partial charge in [0.2, 0.25) is 5.91 Å². The maximum absolute atomic E-state index is 12.2. The zero-order valence-corrected chi connectivity index (χ0v) is 10.1. The molecular weight excluding hydrogens is 224 g/mol. The number of carbonyl (C=O) groups is 1. The fourth-order valence-electron chi connectivity index (χ4n) is 1.13. The molecule has 0 heterocycles. The Morgan fingerprint density at radius 3 is 2.20 bits per heavy atom. The molecule has 0 aliphatic carbocycles. The SMILES string of the molecule is CC(C)C(C)C(=O)N(CCCl)CC(F)F. The Hall–Kier alpha value is -0.380. The second-order valence-corrected chi connectivity index (χ2v) is 4.27. The van der Waals surface area contributed by atoms with Gasteiger partial charge in [-0.15, -0.1) is 11.6 Å². The van der Waals surface area contributed by atoms with Crippen molar-refractivity contribution < 1.29 is 13.6 Å². The van der Waals surface area contributed by atoms with Gasteiger partial charge >= 0.3 is 0 Å². The molecule has 0 bridgehead atoms. The minimum Gasteiger partial charge on any atom is -0.336 e. The summed E-state index contributed by atoms with van der Waals surface area (Å²) < 4.78 is 24.4. The normalized spacial score (nSPS) is 13.3. The van der Waals surface area contributed by atoms with E-state index in [1.54, 1.807) is 6.92 Å². The van der Waals surface area contributed by atoms with E-state index < -0.39 is 13.0 Å². The highest BCUT2D eigenvalue weighted by Gasteiger charge is 2.24. The van der Waals surface area contributed by atoms with Crippen LogP contribution in [0.15, 0.2) is 0 Å². The Balaban J connectivity index is 4.40. The first-order chi connectivity index (χ1) is 6.90. The van der Waals surface area contributed by atoms with E-state index in [0.717, 1.165) is 4.90 Å².